The van der Waals surface area contributed by atoms with Crippen LogP contribution in [0.3, 0.4) is 0 Å². The monoisotopic (exact) mass is 1800 g/mol. The summed E-state index contributed by atoms with van der Waals surface area (Å²) in [5, 5.41) is 106. The number of phenolic OH excluding ortho intramolecular Hbond substituents is 1. The molecule has 0 aliphatic carbocycles. The number of amides is 18. The van der Waals surface area contributed by atoms with Crippen molar-refractivity contribution in [1.82, 2.24) is 84.2 Å². The van der Waals surface area contributed by atoms with Crippen LogP contribution in [0.15, 0.2) is 54.6 Å². The lowest BCUT2D eigenvalue weighted by atomic mass is 9.99. The van der Waals surface area contributed by atoms with Gasteiger partial charge in [0.2, 0.25) is 106 Å². The average Bonchev–Trinajstić information content (AvgIpc) is 1.57. The summed E-state index contributed by atoms with van der Waals surface area (Å²) in [5.41, 5.74) is 11.8. The first-order chi connectivity index (χ1) is 60.0. The van der Waals surface area contributed by atoms with Crippen molar-refractivity contribution in [3.63, 3.8) is 0 Å². The summed E-state index contributed by atoms with van der Waals surface area (Å²) >= 11 is 0. The molecule has 706 valence electrons. The summed E-state index contributed by atoms with van der Waals surface area (Å²) in [5.74, 6) is -30.2. The molecule has 0 spiro atoms. The fourth-order valence-corrected chi connectivity index (χ4v) is 14.3. The van der Waals surface area contributed by atoms with Crippen LogP contribution >= 0.6 is 0 Å². The highest BCUT2D eigenvalue weighted by atomic mass is 16.4. The van der Waals surface area contributed by atoms with Crippen molar-refractivity contribution in [2.45, 2.75) is 268 Å². The highest BCUT2D eigenvalue weighted by Crippen LogP contribution is 2.24. The number of carbonyl (C=O) groups excluding carboxylic acids is 18. The summed E-state index contributed by atoms with van der Waals surface area (Å²) in [4.78, 5) is 296. The number of aromatic hydroxyl groups is 1. The van der Waals surface area contributed by atoms with E-state index in [-0.39, 0.29) is 62.9 Å². The first-order valence-electron chi connectivity index (χ1n) is 41.9. The van der Waals surface area contributed by atoms with Gasteiger partial charge >= 0.3 is 17.9 Å². The third kappa shape index (κ3) is 32.4. The number of carboxylic acid groups (broad SMARTS) is 3. The Bertz CT molecular complexity index is 4360. The fourth-order valence-electron chi connectivity index (χ4n) is 14.3. The minimum Gasteiger partial charge on any atom is -0.508 e. The quantitative estimate of drug-likeness (QED) is 0.0464. The zero-order chi connectivity index (χ0) is 96.0. The van der Waals surface area contributed by atoms with Gasteiger partial charge in [0, 0.05) is 38.8 Å². The van der Waals surface area contributed by atoms with E-state index in [1.54, 1.807) is 44.2 Å². The van der Waals surface area contributed by atoms with Gasteiger partial charge < -0.3 is 131 Å². The molecular formula is C82H120N18O28. The molecule has 3 saturated heterocycles. The van der Waals surface area contributed by atoms with Gasteiger partial charge in [-0.3, -0.25) is 101 Å². The Hall–Kier alpha value is -13.0. The summed E-state index contributed by atoms with van der Waals surface area (Å²) in [6, 6.07) is -16.5. The molecule has 3 aliphatic rings. The maximum Gasteiger partial charge on any atom is 0.305 e. The predicted molar refractivity (Wildman–Crippen MR) is 446 cm³/mol. The average molecular weight is 1810 g/mol. The Morgan fingerprint density at radius 1 is 0.359 bits per heavy atom. The van der Waals surface area contributed by atoms with Gasteiger partial charge in [-0.05, 0) is 106 Å². The molecule has 18 amide bonds. The highest BCUT2D eigenvalue weighted by Gasteiger charge is 2.46. The van der Waals surface area contributed by atoms with Crippen molar-refractivity contribution < 1.29 is 136 Å². The Morgan fingerprint density at radius 3 is 1.11 bits per heavy atom. The summed E-state index contributed by atoms with van der Waals surface area (Å²) in [7, 11) is 0. The van der Waals surface area contributed by atoms with E-state index in [1.165, 1.54) is 65.8 Å². The number of benzene rings is 2. The van der Waals surface area contributed by atoms with Crippen molar-refractivity contribution in [2.75, 3.05) is 19.7 Å². The lowest BCUT2D eigenvalue weighted by Gasteiger charge is -2.32. The van der Waals surface area contributed by atoms with Crippen LogP contribution in [0.2, 0.25) is 0 Å². The molecule has 5 rings (SSSR count). The molecule has 18 atom stereocenters. The van der Waals surface area contributed by atoms with Crippen LogP contribution in [0, 0.1) is 23.7 Å². The number of nitrogens with zero attached hydrogens (tertiary/aromatic N) is 2. The van der Waals surface area contributed by atoms with E-state index < -0.39 is 315 Å². The third-order valence-corrected chi connectivity index (χ3v) is 21.2. The van der Waals surface area contributed by atoms with E-state index in [1.807, 2.05) is 0 Å². The van der Waals surface area contributed by atoms with Crippen LogP contribution in [0.4, 0.5) is 0 Å². The molecule has 46 heteroatoms. The number of aliphatic hydroxyl groups excluding tert-OH is 3. The predicted octanol–water partition coefficient (Wildman–Crippen LogP) is -7.32. The number of rotatable bonds is 24. The number of aliphatic carboxylic acids is 3. The second kappa shape index (κ2) is 49.8. The first-order valence-corrected chi connectivity index (χ1v) is 41.9. The van der Waals surface area contributed by atoms with Gasteiger partial charge in [0.25, 0.3) is 0 Å². The molecule has 3 heterocycles. The van der Waals surface area contributed by atoms with Crippen molar-refractivity contribution >= 4 is 124 Å². The highest BCUT2D eigenvalue weighted by molar-refractivity contribution is 6.03. The van der Waals surface area contributed by atoms with Crippen molar-refractivity contribution in [2.24, 2.45) is 35.1 Å². The molecule has 46 nitrogen and oxygen atoms in total. The molecule has 2 aromatic rings. The molecule has 0 aromatic heterocycles. The van der Waals surface area contributed by atoms with E-state index in [0.29, 0.717) is 5.56 Å². The topological polar surface area (TPSA) is 727 Å². The van der Waals surface area contributed by atoms with E-state index in [2.05, 4.69) is 74.4 Å². The number of aliphatic hydroxyl groups is 3. The van der Waals surface area contributed by atoms with Crippen LogP contribution in [0.1, 0.15) is 157 Å². The van der Waals surface area contributed by atoms with Crippen molar-refractivity contribution in [3.05, 3.63) is 65.7 Å². The summed E-state index contributed by atoms with van der Waals surface area (Å²) in [6.07, 6.45) is -11.0. The minimum atomic E-state index is -2.13. The normalized spacial score (nSPS) is 26.6. The number of fused-ring (bicyclic) bond motifs is 2. The number of primary amides is 2. The largest absolute Gasteiger partial charge is 0.508 e. The van der Waals surface area contributed by atoms with Crippen LogP contribution < -0.4 is 85.9 Å². The van der Waals surface area contributed by atoms with Gasteiger partial charge in [0.15, 0.2) is 0 Å². The number of phenols is 1. The van der Waals surface area contributed by atoms with Crippen LogP contribution in [-0.4, -0.2) is 298 Å². The molecule has 2 aromatic carbocycles. The van der Waals surface area contributed by atoms with Crippen molar-refractivity contribution in [3.8, 4) is 5.75 Å². The van der Waals surface area contributed by atoms with Gasteiger partial charge in [-0.25, -0.2) is 0 Å². The van der Waals surface area contributed by atoms with Crippen LogP contribution in [-0.2, 0) is 114 Å². The van der Waals surface area contributed by atoms with Gasteiger partial charge in [0.1, 0.15) is 102 Å². The molecule has 0 radical (unpaired) electrons. The molecule has 3 aliphatic heterocycles. The Morgan fingerprint density at radius 2 is 0.695 bits per heavy atom. The Balaban J connectivity index is 1.63. The second-order valence-corrected chi connectivity index (χ2v) is 33.3. The molecule has 25 N–H and O–H groups in total. The maximum atomic E-state index is 14.9. The molecule has 0 bridgehead atoms. The molecule has 0 saturated carbocycles. The van der Waals surface area contributed by atoms with Gasteiger partial charge in [-0.1, -0.05) is 97.9 Å². The SMILES string of the molecule is CC(C)C[C@@H]1NC(=O)[C@@H]2CCCN2C(=O)[C@H]([C@@H](C)O)NC(=O)[C@H](Cc2ccccc2)NC(=O)[C@H](CCC(N)=O)NC(=O)[C@H](C(C)C)NC(=O)[C@H]([C@@H](C)O)NC(=O)[C@H](Cc2ccc(O)cc2)NC(=O)[C@H](CCC(=O)O)NC(=O)[C@H](C(C)C)NC(=O)[C@H](CC(=O)O)NC(=O)[C@H](C(C)C)NC(=O)[C@H](CO)NC(=O)[C@H](CC(=O)O)NC(=O)[C@@H]2CCCN2C(=O)[C@H](CC(N)=O)NC1=O. The summed E-state index contributed by atoms with van der Waals surface area (Å²) < 4.78 is 0. The number of carboxylic acids is 3. The lowest BCUT2D eigenvalue weighted by Crippen LogP contribution is -2.63. The van der Waals surface area contributed by atoms with Gasteiger partial charge in [0.05, 0.1) is 38.1 Å². The number of hydrogen-bond acceptors (Lipinski definition) is 25. The maximum absolute atomic E-state index is 14.9. The van der Waals surface area contributed by atoms with Gasteiger partial charge in [-0.15, -0.1) is 0 Å². The second-order valence-electron chi connectivity index (χ2n) is 33.3. The molecular weight excluding hydrogens is 1680 g/mol. The molecule has 0 unspecified atom stereocenters. The van der Waals surface area contributed by atoms with Crippen molar-refractivity contribution in [1.29, 1.82) is 0 Å². The number of nitrogens with two attached hydrogens (primary N) is 2. The number of carbonyl (C=O) groups is 21. The van der Waals surface area contributed by atoms with E-state index in [0.717, 1.165) is 23.6 Å². The number of nitrogens with one attached hydrogen (secondary N) is 14. The smallest absolute Gasteiger partial charge is 0.305 e. The molecule has 3 fully saturated rings. The van der Waals surface area contributed by atoms with Crippen LogP contribution in [0.25, 0.3) is 0 Å². The fraction of sp³-hybridized carbons (Fsp3) is 0.598. The number of hydrogen-bond donors (Lipinski definition) is 23. The minimum absolute atomic E-state index is 0.0475. The standard InChI is InChI=1S/C82H120N18O28/c1-37(2)30-48-69(115)92-53(33-58(84)106)81(127)99-28-14-18-55(99)75(121)90-51(34-60(109)110)70(116)93-54(36-101)74(120)95-63(39(5)6)79(125)91-52(35-61(111)112)73(119)94-62(38(3)4)77(123)86-47(25-27-59(107)108)68(114)88-50(32-44-20-22-45(104)23-21-44)71(117)97-65(41(9)102)80(126)96-64(40(7)8)78(124)85-46(24-26-57(83)105)67(113)87-49(31-43-16-12-11-13-17-43)72(118)98-66(42(10)103)82(128)100-29-15-19-56(100)76(122)89-48/h11-13,16-17,20-23,37-42,46-56,62-66,101-104H,14-15,18-19,24-36H2,1-10H3,(H2,83,105)(H2,84,106)(H,85,124)(H,86,123)(H,87,113)(H,88,114)(H,89,122)(H,90,121)(H,91,125)(H,92,115)(H,93,116)(H,94,119)(H,95,120)(H,96,126)(H,97,117)(H,98,118)(H,107,108)(H,109,110)(H,111,112)/t41-,42-,46+,47+,48+,49+,50+,51+,52+,53+,54+,55+,56+,62+,63+,64+,65+,66+/m1/s1. The zero-order valence-electron chi connectivity index (χ0n) is 72.7. The first kappa shape index (κ1) is 106. The third-order valence-electron chi connectivity index (χ3n) is 21.2. The summed E-state index contributed by atoms with van der Waals surface area (Å²) in [6.45, 7) is 12.0. The van der Waals surface area contributed by atoms with E-state index >= 15 is 0 Å². The van der Waals surface area contributed by atoms with E-state index in [9.17, 15) is 136 Å². The molecule has 128 heavy (non-hydrogen) atoms. The zero-order valence-corrected chi connectivity index (χ0v) is 72.7. The van der Waals surface area contributed by atoms with E-state index in [4.69, 9.17) is 11.5 Å². The van der Waals surface area contributed by atoms with Crippen LogP contribution in [0.5, 0.6) is 5.75 Å². The Labute approximate surface area is 736 Å². The Kier molecular flexibility index (Phi) is 41.0. The lowest BCUT2D eigenvalue weighted by molar-refractivity contribution is -0.145. The van der Waals surface area contributed by atoms with Gasteiger partial charge in [-0.2, -0.15) is 0 Å².